The first-order valence-corrected chi connectivity index (χ1v) is 26.2. The zero-order chi connectivity index (χ0) is 45.2. The largest absolute Gasteiger partial charge is 0.393 e. The lowest BCUT2D eigenvalue weighted by atomic mass is 9.43. The molecule has 11 heteroatoms. The maximum Gasteiger partial charge on any atom is 0.220 e. The lowest BCUT2D eigenvalue weighted by Gasteiger charge is -2.63. The Morgan fingerprint density at radius 2 is 0.921 bits per heavy atom. The summed E-state index contributed by atoms with van der Waals surface area (Å²) in [5.41, 5.74) is -0.403. The van der Waals surface area contributed by atoms with Crippen LogP contribution in [0.3, 0.4) is 0 Å². The molecule has 22 atom stereocenters. The lowest BCUT2D eigenvalue weighted by Crippen LogP contribution is -2.62. The summed E-state index contributed by atoms with van der Waals surface area (Å²) in [4.78, 5) is 25.9. The van der Waals surface area contributed by atoms with Crippen molar-refractivity contribution in [1.29, 1.82) is 0 Å². The van der Waals surface area contributed by atoms with E-state index in [0.29, 0.717) is 62.7 Å². The van der Waals surface area contributed by atoms with E-state index in [1.165, 1.54) is 0 Å². The fourth-order valence-electron chi connectivity index (χ4n) is 18.3. The van der Waals surface area contributed by atoms with Crippen LogP contribution in [0.2, 0.25) is 0 Å². The number of aliphatic hydroxyl groups is 6. The van der Waals surface area contributed by atoms with Crippen molar-refractivity contribution >= 4 is 11.8 Å². The van der Waals surface area contributed by atoms with Crippen LogP contribution >= 0.6 is 0 Å². The molecule has 8 rings (SSSR count). The molecule has 0 heterocycles. The summed E-state index contributed by atoms with van der Waals surface area (Å²) in [6, 6.07) is 0. The minimum atomic E-state index is -0.421. The Labute approximate surface area is 379 Å². The molecule has 0 aliphatic heterocycles. The minimum absolute atomic E-state index is 0.0435. The van der Waals surface area contributed by atoms with Crippen molar-refractivity contribution in [2.45, 2.75) is 194 Å². The van der Waals surface area contributed by atoms with Gasteiger partial charge in [-0.2, -0.15) is 0 Å². The zero-order valence-electron chi connectivity index (χ0n) is 39.9. The molecule has 0 aromatic rings. The highest BCUT2D eigenvalue weighted by Gasteiger charge is 2.67. The van der Waals surface area contributed by atoms with E-state index in [1.54, 1.807) is 0 Å². The molecule has 0 saturated heterocycles. The maximum absolute atomic E-state index is 13.0. The standard InChI is InChI=1S/C52H89N3O8/c1-29(35-9-11-37-47-39(27-43(60)51(35,37)5)49(3)17-15-33(56)23-31(49)25-41(47)58)7-13-45(62)54-21-19-53-20-22-55-46(63)14-8-30(2)36-10-12-38-48-40(28-44(61)52(36,38)6)50(4)18-16-34(57)24-32(50)26-42(48)59/h29-44,47-48,53,56-61H,7-28H2,1-6H3,(H,54,62)(H,55,63)/t29-,30+,31?,32?,33-,34-,35-,36-,37?,38?,39?,40?,41-,42-,43-,44-,47?,48?,49+,50+,51-,52-/m1/s1. The SMILES string of the molecule is C[C@H](CCC(=O)NCCNCCNC(=O)CC[C@H](C)[C@H]1CCC2C3C(C[C@@H](O)[C@@]21C)[C@@]1(C)CC[C@@H](O)CC1C[C@H]3O)[C@H]1CCC2C3C(C[C@@H](O)[C@@]21C)[C@@]1(C)CC[C@@H](O)CC1C[C@H]3O. The molecule has 0 radical (unpaired) electrons. The Hall–Kier alpha value is -1.34. The fraction of sp³-hybridized carbons (Fsp3) is 0.962. The Kier molecular flexibility index (Phi) is 14.2. The number of nitrogens with one attached hydrogen (secondary N) is 3. The van der Waals surface area contributed by atoms with E-state index in [2.05, 4.69) is 57.5 Å². The number of amides is 2. The number of carbonyl (C=O) groups excluding carboxylic acids is 2. The van der Waals surface area contributed by atoms with E-state index in [1.807, 2.05) is 0 Å². The smallest absolute Gasteiger partial charge is 0.220 e. The predicted octanol–water partition coefficient (Wildman–Crippen LogP) is 5.56. The van der Waals surface area contributed by atoms with Crippen molar-refractivity contribution in [1.82, 2.24) is 16.0 Å². The van der Waals surface area contributed by atoms with Crippen LogP contribution in [-0.2, 0) is 9.59 Å². The van der Waals surface area contributed by atoms with Crippen molar-refractivity contribution in [2.75, 3.05) is 26.2 Å². The van der Waals surface area contributed by atoms with Gasteiger partial charge in [-0.3, -0.25) is 9.59 Å². The predicted molar refractivity (Wildman–Crippen MR) is 244 cm³/mol. The highest BCUT2D eigenvalue weighted by molar-refractivity contribution is 5.76. The van der Waals surface area contributed by atoms with Gasteiger partial charge in [0.15, 0.2) is 0 Å². The zero-order valence-corrected chi connectivity index (χ0v) is 39.9. The second-order valence-corrected chi connectivity index (χ2v) is 24.5. The number of hydrogen-bond donors (Lipinski definition) is 9. The van der Waals surface area contributed by atoms with E-state index in [-0.39, 0.29) is 105 Å². The summed E-state index contributed by atoms with van der Waals surface area (Å²) in [5, 5.41) is 77.3. The molecule has 63 heavy (non-hydrogen) atoms. The summed E-state index contributed by atoms with van der Waals surface area (Å²) < 4.78 is 0. The highest BCUT2D eigenvalue weighted by atomic mass is 16.3. The highest BCUT2D eigenvalue weighted by Crippen LogP contribution is 2.70. The Morgan fingerprint density at radius 3 is 1.32 bits per heavy atom. The van der Waals surface area contributed by atoms with Gasteiger partial charge in [0.05, 0.1) is 36.6 Å². The van der Waals surface area contributed by atoms with E-state index >= 15 is 0 Å². The van der Waals surface area contributed by atoms with Gasteiger partial charge < -0.3 is 46.6 Å². The van der Waals surface area contributed by atoms with Crippen LogP contribution in [0.15, 0.2) is 0 Å². The number of rotatable bonds is 14. The molecule has 8 aliphatic carbocycles. The van der Waals surface area contributed by atoms with Crippen LogP contribution < -0.4 is 16.0 Å². The van der Waals surface area contributed by atoms with E-state index < -0.39 is 12.2 Å². The number of hydrogen-bond acceptors (Lipinski definition) is 9. The monoisotopic (exact) mass is 884 g/mol. The molecular weight excluding hydrogens is 795 g/mol. The summed E-state index contributed by atoms with van der Waals surface area (Å²) >= 11 is 0. The van der Waals surface area contributed by atoms with Crippen molar-refractivity contribution < 1.29 is 40.2 Å². The molecule has 360 valence electrons. The van der Waals surface area contributed by atoms with Crippen molar-refractivity contribution in [2.24, 2.45) is 92.7 Å². The Bertz CT molecular complexity index is 1500. The Morgan fingerprint density at radius 1 is 0.524 bits per heavy atom. The molecular formula is C52H89N3O8. The second-order valence-electron chi connectivity index (χ2n) is 24.5. The first kappa shape index (κ1) is 48.1. The molecule has 9 N–H and O–H groups in total. The fourth-order valence-corrected chi connectivity index (χ4v) is 18.3. The van der Waals surface area contributed by atoms with Gasteiger partial charge in [0.2, 0.25) is 11.8 Å². The van der Waals surface area contributed by atoms with Crippen molar-refractivity contribution in [3.63, 3.8) is 0 Å². The quantitative estimate of drug-likeness (QED) is 0.101. The third-order valence-electron chi connectivity index (χ3n) is 21.9. The third-order valence-corrected chi connectivity index (χ3v) is 21.9. The van der Waals surface area contributed by atoms with E-state index in [0.717, 1.165) is 103 Å². The number of carbonyl (C=O) groups is 2. The number of aliphatic hydroxyl groups excluding tert-OH is 6. The van der Waals surface area contributed by atoms with E-state index in [4.69, 9.17) is 0 Å². The molecule has 2 amide bonds. The van der Waals surface area contributed by atoms with Crippen molar-refractivity contribution in [3.8, 4) is 0 Å². The van der Waals surface area contributed by atoms with Gasteiger partial charge in [0.1, 0.15) is 0 Å². The van der Waals surface area contributed by atoms with Crippen LogP contribution in [0.4, 0.5) is 0 Å². The summed E-state index contributed by atoms with van der Waals surface area (Å²) in [6.45, 7) is 16.1. The van der Waals surface area contributed by atoms with E-state index in [9.17, 15) is 40.2 Å². The summed E-state index contributed by atoms with van der Waals surface area (Å²) in [6.07, 6.45) is 12.5. The van der Waals surface area contributed by atoms with Gasteiger partial charge in [-0.25, -0.2) is 0 Å². The average Bonchev–Trinajstić information content (AvgIpc) is 3.79. The molecule has 8 aliphatic rings. The summed E-state index contributed by atoms with van der Waals surface area (Å²) in [7, 11) is 0. The first-order valence-electron chi connectivity index (χ1n) is 26.2. The topological polar surface area (TPSA) is 192 Å². The van der Waals surface area contributed by atoms with Crippen LogP contribution in [0.1, 0.15) is 157 Å². The molecule has 0 bridgehead atoms. The van der Waals surface area contributed by atoms with Crippen LogP contribution in [0, 0.1) is 92.7 Å². The molecule has 8 fully saturated rings. The van der Waals surface area contributed by atoms with Gasteiger partial charge in [-0.15, -0.1) is 0 Å². The maximum atomic E-state index is 13.0. The first-order chi connectivity index (χ1) is 29.8. The summed E-state index contributed by atoms with van der Waals surface area (Å²) in [5.74, 6) is 3.43. The van der Waals surface area contributed by atoms with Gasteiger partial charge in [0.25, 0.3) is 0 Å². The van der Waals surface area contributed by atoms with Crippen molar-refractivity contribution in [3.05, 3.63) is 0 Å². The molecule has 8 unspecified atom stereocenters. The average molecular weight is 884 g/mol. The lowest BCUT2D eigenvalue weighted by molar-refractivity contribution is -0.207. The third kappa shape index (κ3) is 8.50. The van der Waals surface area contributed by atoms with Crippen LogP contribution in [0.25, 0.3) is 0 Å². The molecule has 0 aromatic carbocycles. The minimum Gasteiger partial charge on any atom is -0.393 e. The molecule has 8 saturated carbocycles. The van der Waals surface area contributed by atoms with Gasteiger partial charge in [0, 0.05) is 39.0 Å². The van der Waals surface area contributed by atoms with Crippen LogP contribution in [0.5, 0.6) is 0 Å². The van der Waals surface area contributed by atoms with Crippen LogP contribution in [-0.4, -0.2) is 105 Å². The molecule has 0 spiro atoms. The number of fused-ring (bicyclic) bond motifs is 10. The molecule has 0 aromatic heterocycles. The normalized spacial score (nSPS) is 49.8. The van der Waals surface area contributed by atoms with Gasteiger partial charge in [-0.05, 0) is 195 Å². The second kappa shape index (κ2) is 18.6. The molecule has 11 nitrogen and oxygen atoms in total. The van der Waals surface area contributed by atoms with Gasteiger partial charge in [-0.1, -0.05) is 41.5 Å². The Balaban J connectivity index is 0.713. The van der Waals surface area contributed by atoms with Gasteiger partial charge >= 0.3 is 0 Å².